The molecule has 1 aromatic heterocycles. The van der Waals surface area contributed by atoms with Gasteiger partial charge < -0.3 is 14.9 Å². The molecular weight excluding hydrogens is 320 g/mol. The number of aromatic nitrogens is 1. The summed E-state index contributed by atoms with van der Waals surface area (Å²) in [5, 5.41) is 16.4. The van der Waals surface area contributed by atoms with Crippen molar-refractivity contribution in [3.05, 3.63) is 58.8 Å². The Kier molecular flexibility index (Phi) is 4.52. The summed E-state index contributed by atoms with van der Waals surface area (Å²) in [7, 11) is 0. The van der Waals surface area contributed by atoms with E-state index in [1.807, 2.05) is 26.0 Å². The fraction of sp³-hybridized carbons (Fsp3) is 0.211. The lowest BCUT2D eigenvalue weighted by molar-refractivity contribution is -0.136. The molecule has 128 valence electrons. The van der Waals surface area contributed by atoms with Gasteiger partial charge >= 0.3 is 5.97 Å². The van der Waals surface area contributed by atoms with Crippen molar-refractivity contribution < 1.29 is 19.2 Å². The number of aryl methyl sites for hydroxylation is 2. The van der Waals surface area contributed by atoms with Gasteiger partial charge in [0.15, 0.2) is 5.58 Å². The predicted octanol–water partition coefficient (Wildman–Crippen LogP) is 3.25. The quantitative estimate of drug-likeness (QED) is 0.745. The van der Waals surface area contributed by atoms with E-state index in [9.17, 15) is 9.59 Å². The molecule has 2 aromatic carbocycles. The van der Waals surface area contributed by atoms with E-state index in [-0.39, 0.29) is 18.7 Å². The van der Waals surface area contributed by atoms with Crippen LogP contribution in [0.15, 0.2) is 40.9 Å². The summed E-state index contributed by atoms with van der Waals surface area (Å²) in [5.41, 5.74) is 4.67. The molecule has 0 unspecified atom stereocenters. The summed E-state index contributed by atoms with van der Waals surface area (Å²) in [6.07, 6.45) is 0.0601. The van der Waals surface area contributed by atoms with E-state index in [2.05, 4.69) is 10.5 Å². The lowest BCUT2D eigenvalue weighted by Crippen LogP contribution is -2.14. The number of nitrogens with zero attached hydrogens (tertiary/aromatic N) is 1. The molecule has 0 bridgehead atoms. The van der Waals surface area contributed by atoms with E-state index in [0.29, 0.717) is 22.5 Å². The van der Waals surface area contributed by atoms with E-state index < -0.39 is 5.97 Å². The third-order valence-corrected chi connectivity index (χ3v) is 3.90. The van der Waals surface area contributed by atoms with Crippen LogP contribution in [0.5, 0.6) is 0 Å². The van der Waals surface area contributed by atoms with Crippen LogP contribution in [-0.4, -0.2) is 22.1 Å². The van der Waals surface area contributed by atoms with Gasteiger partial charge in [0.25, 0.3) is 0 Å². The van der Waals surface area contributed by atoms with E-state index in [4.69, 9.17) is 9.63 Å². The SMILES string of the molecule is Cc1cc(C)c2onc(CC(=O)Nc3ccc(CC(=O)O)cc3)c2c1. The highest BCUT2D eigenvalue weighted by molar-refractivity contribution is 5.95. The average molecular weight is 338 g/mol. The molecule has 0 saturated heterocycles. The van der Waals surface area contributed by atoms with Crippen molar-refractivity contribution in [1.82, 2.24) is 5.16 Å². The van der Waals surface area contributed by atoms with Gasteiger partial charge in [-0.25, -0.2) is 0 Å². The number of hydrogen-bond acceptors (Lipinski definition) is 4. The zero-order valence-corrected chi connectivity index (χ0v) is 14.0. The summed E-state index contributed by atoms with van der Waals surface area (Å²) >= 11 is 0. The molecule has 0 radical (unpaired) electrons. The van der Waals surface area contributed by atoms with Gasteiger partial charge in [-0.05, 0) is 48.7 Å². The first kappa shape index (κ1) is 16.7. The van der Waals surface area contributed by atoms with Crippen LogP contribution in [0.2, 0.25) is 0 Å². The van der Waals surface area contributed by atoms with Crippen LogP contribution in [0.25, 0.3) is 11.0 Å². The molecule has 0 saturated carbocycles. The maximum atomic E-state index is 12.3. The monoisotopic (exact) mass is 338 g/mol. The lowest BCUT2D eigenvalue weighted by Gasteiger charge is -2.05. The number of carboxylic acid groups (broad SMARTS) is 1. The first-order chi connectivity index (χ1) is 11.9. The van der Waals surface area contributed by atoms with Crippen molar-refractivity contribution >= 4 is 28.5 Å². The number of nitrogens with one attached hydrogen (secondary N) is 1. The number of benzene rings is 2. The second-order valence-corrected chi connectivity index (χ2v) is 6.08. The summed E-state index contributed by atoms with van der Waals surface area (Å²) in [4.78, 5) is 22.9. The van der Waals surface area contributed by atoms with Crippen molar-refractivity contribution in [2.75, 3.05) is 5.32 Å². The largest absolute Gasteiger partial charge is 0.481 e. The minimum atomic E-state index is -0.889. The highest BCUT2D eigenvalue weighted by Crippen LogP contribution is 2.24. The van der Waals surface area contributed by atoms with Crippen LogP contribution in [-0.2, 0) is 22.4 Å². The molecule has 0 spiro atoms. The molecule has 2 N–H and O–H groups in total. The zero-order chi connectivity index (χ0) is 18.0. The Labute approximate surface area is 144 Å². The zero-order valence-electron chi connectivity index (χ0n) is 14.0. The maximum absolute atomic E-state index is 12.3. The number of carbonyl (C=O) groups is 2. The lowest BCUT2D eigenvalue weighted by atomic mass is 10.1. The first-order valence-corrected chi connectivity index (χ1v) is 7.88. The molecule has 0 fully saturated rings. The molecule has 6 nitrogen and oxygen atoms in total. The Balaban J connectivity index is 1.71. The van der Waals surface area contributed by atoms with Gasteiger partial charge in [-0.3, -0.25) is 9.59 Å². The summed E-state index contributed by atoms with van der Waals surface area (Å²) < 4.78 is 5.35. The van der Waals surface area contributed by atoms with Crippen LogP contribution in [0.4, 0.5) is 5.69 Å². The van der Waals surface area contributed by atoms with Crippen molar-refractivity contribution in [3.63, 3.8) is 0 Å². The van der Waals surface area contributed by atoms with Gasteiger partial charge in [0, 0.05) is 11.1 Å². The number of hydrogen-bond donors (Lipinski definition) is 2. The molecule has 1 heterocycles. The minimum absolute atomic E-state index is 0.0438. The fourth-order valence-electron chi connectivity index (χ4n) is 2.81. The van der Waals surface area contributed by atoms with Crippen LogP contribution in [0.3, 0.4) is 0 Å². The Bertz CT molecular complexity index is 942. The van der Waals surface area contributed by atoms with Gasteiger partial charge in [0.2, 0.25) is 5.91 Å². The molecular formula is C19H18N2O4. The van der Waals surface area contributed by atoms with Gasteiger partial charge in [0.1, 0.15) is 5.69 Å². The molecule has 25 heavy (non-hydrogen) atoms. The van der Waals surface area contributed by atoms with E-state index in [1.165, 1.54) is 0 Å². The second-order valence-electron chi connectivity index (χ2n) is 6.08. The van der Waals surface area contributed by atoms with E-state index in [1.54, 1.807) is 24.3 Å². The van der Waals surface area contributed by atoms with E-state index in [0.717, 1.165) is 16.5 Å². The van der Waals surface area contributed by atoms with Gasteiger partial charge in [-0.2, -0.15) is 0 Å². The Morgan fingerprint density at radius 1 is 1.12 bits per heavy atom. The van der Waals surface area contributed by atoms with Gasteiger partial charge in [-0.15, -0.1) is 0 Å². The maximum Gasteiger partial charge on any atom is 0.307 e. The number of amides is 1. The average Bonchev–Trinajstić information content (AvgIpc) is 2.92. The highest BCUT2D eigenvalue weighted by atomic mass is 16.5. The molecule has 3 rings (SSSR count). The van der Waals surface area contributed by atoms with Crippen LogP contribution in [0, 0.1) is 13.8 Å². The fourth-order valence-corrected chi connectivity index (χ4v) is 2.81. The molecule has 0 atom stereocenters. The van der Waals surface area contributed by atoms with Crippen LogP contribution < -0.4 is 5.32 Å². The number of rotatable bonds is 5. The van der Waals surface area contributed by atoms with Crippen LogP contribution in [0.1, 0.15) is 22.4 Å². The molecule has 0 aliphatic carbocycles. The van der Waals surface area contributed by atoms with Gasteiger partial charge in [-0.1, -0.05) is 23.4 Å². The topological polar surface area (TPSA) is 92.4 Å². The van der Waals surface area contributed by atoms with Crippen molar-refractivity contribution in [3.8, 4) is 0 Å². The van der Waals surface area contributed by atoms with Crippen molar-refractivity contribution in [1.29, 1.82) is 0 Å². The predicted molar refractivity (Wildman–Crippen MR) is 93.6 cm³/mol. The Hall–Kier alpha value is -3.15. The summed E-state index contributed by atoms with van der Waals surface area (Å²) in [6, 6.07) is 10.7. The normalized spacial score (nSPS) is 10.8. The molecule has 0 aliphatic heterocycles. The highest BCUT2D eigenvalue weighted by Gasteiger charge is 2.14. The molecule has 1 amide bonds. The minimum Gasteiger partial charge on any atom is -0.481 e. The standard InChI is InChI=1S/C19H18N2O4/c1-11-7-12(2)19-15(8-11)16(21-25-19)10-17(22)20-14-5-3-13(4-6-14)9-18(23)24/h3-8H,9-10H2,1-2H3,(H,20,22)(H,23,24). The molecule has 3 aromatic rings. The number of fused-ring (bicyclic) bond motifs is 1. The summed E-state index contributed by atoms with van der Waals surface area (Å²) in [6.45, 7) is 3.94. The smallest absolute Gasteiger partial charge is 0.307 e. The summed E-state index contributed by atoms with van der Waals surface area (Å²) in [5.74, 6) is -1.10. The number of aliphatic carboxylic acids is 1. The second kappa shape index (κ2) is 6.76. The molecule has 0 aliphatic rings. The number of carbonyl (C=O) groups excluding carboxylic acids is 1. The number of anilines is 1. The third kappa shape index (κ3) is 3.85. The van der Waals surface area contributed by atoms with Crippen LogP contribution >= 0.6 is 0 Å². The van der Waals surface area contributed by atoms with Crippen molar-refractivity contribution in [2.45, 2.75) is 26.7 Å². The van der Waals surface area contributed by atoms with Gasteiger partial charge in [0.05, 0.1) is 12.8 Å². The van der Waals surface area contributed by atoms with Crippen molar-refractivity contribution in [2.24, 2.45) is 0 Å². The number of carboxylic acids is 1. The Morgan fingerprint density at radius 2 is 1.84 bits per heavy atom. The first-order valence-electron chi connectivity index (χ1n) is 7.88. The third-order valence-electron chi connectivity index (χ3n) is 3.90. The molecule has 6 heteroatoms. The van der Waals surface area contributed by atoms with E-state index >= 15 is 0 Å². The Morgan fingerprint density at radius 3 is 2.52 bits per heavy atom.